The predicted octanol–water partition coefficient (Wildman–Crippen LogP) is 2.98. The summed E-state index contributed by atoms with van der Waals surface area (Å²) in [4.78, 5) is 0. The molecule has 0 aliphatic carbocycles. The zero-order chi connectivity index (χ0) is 13.1. The normalized spacial score (nSPS) is 13.8. The van der Waals surface area contributed by atoms with Crippen LogP contribution in [-0.2, 0) is 6.54 Å². The van der Waals surface area contributed by atoms with Crippen LogP contribution in [0.2, 0.25) is 5.02 Å². The number of benzene rings is 1. The van der Waals surface area contributed by atoms with Crippen LogP contribution in [0.4, 0.5) is 4.39 Å². The Balaban J connectivity index is 2.46. The molecule has 0 fully saturated rings. The molecule has 0 radical (unpaired) electrons. The van der Waals surface area contributed by atoms with Crippen molar-refractivity contribution in [3.05, 3.63) is 34.6 Å². The van der Waals surface area contributed by atoms with E-state index in [2.05, 4.69) is 5.32 Å². The third-order valence-corrected chi connectivity index (χ3v) is 3.02. The van der Waals surface area contributed by atoms with Crippen LogP contribution in [0, 0.1) is 11.2 Å². The summed E-state index contributed by atoms with van der Waals surface area (Å²) in [6, 6.07) is 4.32. The smallest absolute Gasteiger partial charge is 0.124 e. The Hall–Kier alpha value is -0.640. The summed E-state index contributed by atoms with van der Waals surface area (Å²) in [7, 11) is 0. The molecule has 0 aromatic heterocycles. The van der Waals surface area contributed by atoms with E-state index in [1.165, 1.54) is 12.1 Å². The van der Waals surface area contributed by atoms with Crippen LogP contribution in [0.1, 0.15) is 26.3 Å². The zero-order valence-corrected chi connectivity index (χ0v) is 11.2. The van der Waals surface area contributed by atoms with Gasteiger partial charge in [0.2, 0.25) is 0 Å². The molecule has 1 aromatic rings. The lowest BCUT2D eigenvalue weighted by atomic mass is 9.89. The molecule has 0 bridgehead atoms. The summed E-state index contributed by atoms with van der Waals surface area (Å²) in [6.07, 6.45) is -0.429. The van der Waals surface area contributed by atoms with Crippen molar-refractivity contribution < 1.29 is 9.50 Å². The standard InChI is InChI=1S/C13H19ClFNO/c1-13(2,3)12(17)8-16-7-9-4-5-10(15)6-11(9)14/h4-6,12,16-17H,7-8H2,1-3H3. The molecule has 4 heteroatoms. The van der Waals surface area contributed by atoms with E-state index in [1.807, 2.05) is 20.8 Å². The lowest BCUT2D eigenvalue weighted by Gasteiger charge is -2.26. The molecule has 0 saturated heterocycles. The van der Waals surface area contributed by atoms with Crippen LogP contribution in [0.3, 0.4) is 0 Å². The van der Waals surface area contributed by atoms with Gasteiger partial charge in [0.25, 0.3) is 0 Å². The zero-order valence-electron chi connectivity index (χ0n) is 10.4. The molecule has 0 aliphatic rings. The van der Waals surface area contributed by atoms with Crippen LogP contribution in [0.5, 0.6) is 0 Å². The van der Waals surface area contributed by atoms with Crippen molar-refractivity contribution in [2.24, 2.45) is 5.41 Å². The molecule has 1 rings (SSSR count). The van der Waals surface area contributed by atoms with E-state index >= 15 is 0 Å². The van der Waals surface area contributed by atoms with Gasteiger partial charge in [0.15, 0.2) is 0 Å². The first kappa shape index (κ1) is 14.4. The summed E-state index contributed by atoms with van der Waals surface area (Å²) in [5, 5.41) is 13.3. The van der Waals surface area contributed by atoms with E-state index in [0.717, 1.165) is 5.56 Å². The summed E-state index contributed by atoms with van der Waals surface area (Å²) < 4.78 is 12.8. The average molecular weight is 260 g/mol. The second kappa shape index (κ2) is 5.80. The number of halogens is 2. The molecule has 1 aromatic carbocycles. The minimum atomic E-state index is -0.429. The van der Waals surface area contributed by atoms with Crippen molar-refractivity contribution in [2.75, 3.05) is 6.54 Å². The van der Waals surface area contributed by atoms with Gasteiger partial charge in [-0.15, -0.1) is 0 Å². The van der Waals surface area contributed by atoms with E-state index in [1.54, 1.807) is 6.07 Å². The van der Waals surface area contributed by atoms with Crippen molar-refractivity contribution in [2.45, 2.75) is 33.4 Å². The lowest BCUT2D eigenvalue weighted by molar-refractivity contribution is 0.0628. The van der Waals surface area contributed by atoms with Crippen molar-refractivity contribution in [1.82, 2.24) is 5.32 Å². The van der Waals surface area contributed by atoms with Gasteiger partial charge in [-0.2, -0.15) is 0 Å². The first-order valence-corrected chi connectivity index (χ1v) is 6.01. The first-order chi connectivity index (χ1) is 7.80. The van der Waals surface area contributed by atoms with Gasteiger partial charge >= 0.3 is 0 Å². The van der Waals surface area contributed by atoms with Gasteiger partial charge in [-0.1, -0.05) is 38.4 Å². The number of aliphatic hydroxyl groups excluding tert-OH is 1. The first-order valence-electron chi connectivity index (χ1n) is 5.63. The lowest BCUT2D eigenvalue weighted by Crippen LogP contribution is -2.36. The van der Waals surface area contributed by atoms with Crippen molar-refractivity contribution >= 4 is 11.6 Å². The number of hydrogen-bond donors (Lipinski definition) is 2. The molecule has 0 spiro atoms. The predicted molar refractivity (Wildman–Crippen MR) is 68.6 cm³/mol. The van der Waals surface area contributed by atoms with Gasteiger partial charge in [0, 0.05) is 18.1 Å². The Bertz CT molecular complexity index is 376. The second-order valence-electron chi connectivity index (χ2n) is 5.25. The fourth-order valence-corrected chi connectivity index (χ4v) is 1.55. The third-order valence-electron chi connectivity index (χ3n) is 2.67. The fraction of sp³-hybridized carbons (Fsp3) is 0.538. The van der Waals surface area contributed by atoms with Crippen LogP contribution in [0.15, 0.2) is 18.2 Å². The quantitative estimate of drug-likeness (QED) is 0.871. The Morgan fingerprint density at radius 2 is 2.06 bits per heavy atom. The second-order valence-corrected chi connectivity index (χ2v) is 5.66. The molecule has 1 unspecified atom stereocenters. The summed E-state index contributed by atoms with van der Waals surface area (Å²) in [6.45, 7) is 6.93. The Labute approximate surface area is 107 Å². The maximum Gasteiger partial charge on any atom is 0.124 e. The number of aliphatic hydroxyl groups is 1. The van der Waals surface area contributed by atoms with Crippen molar-refractivity contribution in [3.8, 4) is 0 Å². The monoisotopic (exact) mass is 259 g/mol. The van der Waals surface area contributed by atoms with Gasteiger partial charge < -0.3 is 10.4 Å². The van der Waals surface area contributed by atoms with Gasteiger partial charge in [0.1, 0.15) is 5.82 Å². The summed E-state index contributed by atoms with van der Waals surface area (Å²) >= 11 is 5.89. The molecule has 17 heavy (non-hydrogen) atoms. The molecule has 0 heterocycles. The minimum absolute atomic E-state index is 0.153. The van der Waals surface area contributed by atoms with Gasteiger partial charge in [-0.25, -0.2) is 4.39 Å². The number of hydrogen-bond acceptors (Lipinski definition) is 2. The van der Waals surface area contributed by atoms with Crippen LogP contribution < -0.4 is 5.32 Å². The van der Waals surface area contributed by atoms with Crippen LogP contribution >= 0.6 is 11.6 Å². The molecule has 2 N–H and O–H groups in total. The topological polar surface area (TPSA) is 32.3 Å². The Kier molecular flexibility index (Phi) is 4.92. The Morgan fingerprint density at radius 3 is 2.59 bits per heavy atom. The van der Waals surface area contributed by atoms with Gasteiger partial charge in [0.05, 0.1) is 6.10 Å². The highest BCUT2D eigenvalue weighted by Gasteiger charge is 2.21. The van der Waals surface area contributed by atoms with Gasteiger partial charge in [-0.05, 0) is 23.1 Å². The molecule has 0 amide bonds. The van der Waals surface area contributed by atoms with E-state index < -0.39 is 6.10 Å². The summed E-state index contributed by atoms with van der Waals surface area (Å²) in [5.74, 6) is -0.339. The third kappa shape index (κ3) is 4.62. The highest BCUT2D eigenvalue weighted by atomic mass is 35.5. The highest BCUT2D eigenvalue weighted by Crippen LogP contribution is 2.19. The number of rotatable bonds is 4. The van der Waals surface area contributed by atoms with E-state index in [-0.39, 0.29) is 11.2 Å². The molecule has 1 atom stereocenters. The molecular formula is C13H19ClFNO. The average Bonchev–Trinajstić information content (AvgIpc) is 2.19. The van der Waals surface area contributed by atoms with Crippen LogP contribution in [-0.4, -0.2) is 17.8 Å². The molecule has 0 saturated carbocycles. The maximum absolute atomic E-state index is 12.8. The number of nitrogens with one attached hydrogen (secondary N) is 1. The van der Waals surface area contributed by atoms with Crippen LogP contribution in [0.25, 0.3) is 0 Å². The fourth-order valence-electron chi connectivity index (χ4n) is 1.31. The van der Waals surface area contributed by atoms with Gasteiger partial charge in [-0.3, -0.25) is 0 Å². The van der Waals surface area contributed by atoms with Crippen molar-refractivity contribution in [1.29, 1.82) is 0 Å². The summed E-state index contributed by atoms with van der Waals surface area (Å²) in [5.41, 5.74) is 0.675. The molecule has 2 nitrogen and oxygen atoms in total. The van der Waals surface area contributed by atoms with E-state index in [0.29, 0.717) is 18.1 Å². The van der Waals surface area contributed by atoms with E-state index in [4.69, 9.17) is 11.6 Å². The maximum atomic E-state index is 12.8. The SMILES string of the molecule is CC(C)(C)C(O)CNCc1ccc(F)cc1Cl. The van der Waals surface area contributed by atoms with E-state index in [9.17, 15) is 9.50 Å². The highest BCUT2D eigenvalue weighted by molar-refractivity contribution is 6.31. The molecule has 0 aliphatic heterocycles. The molecular weight excluding hydrogens is 241 g/mol. The molecule has 96 valence electrons. The van der Waals surface area contributed by atoms with Crippen molar-refractivity contribution in [3.63, 3.8) is 0 Å². The Morgan fingerprint density at radius 1 is 1.41 bits per heavy atom. The largest absolute Gasteiger partial charge is 0.391 e. The minimum Gasteiger partial charge on any atom is -0.391 e.